The lowest BCUT2D eigenvalue weighted by Gasteiger charge is -2.06. The quantitative estimate of drug-likeness (QED) is 0.305. The number of thiophene rings is 1. The minimum Gasteiger partial charge on any atom is -0.236 e. The smallest absolute Gasteiger partial charge is 0.128 e. The molecule has 2 nitrogen and oxygen atoms in total. The highest BCUT2D eigenvalue weighted by Gasteiger charge is 2.14. The molecule has 132 valence electrons. The molecule has 28 heavy (non-hydrogen) atoms. The number of rotatable bonds is 1. The summed E-state index contributed by atoms with van der Waals surface area (Å²) >= 11 is 1.74. The number of hydrogen-bond acceptors (Lipinski definition) is 3. The van der Waals surface area contributed by atoms with Crippen molar-refractivity contribution in [3.63, 3.8) is 0 Å². The summed E-state index contributed by atoms with van der Waals surface area (Å²) in [7, 11) is 0. The fourth-order valence-electron chi connectivity index (χ4n) is 4.03. The molecule has 6 aromatic rings. The maximum Gasteiger partial charge on any atom is 0.128 e. The zero-order valence-electron chi connectivity index (χ0n) is 15.3. The van der Waals surface area contributed by atoms with Gasteiger partial charge in [0.15, 0.2) is 0 Å². The second kappa shape index (κ2) is 5.85. The zero-order chi connectivity index (χ0) is 18.7. The highest BCUT2D eigenvalue weighted by Crippen LogP contribution is 2.40. The van der Waals surface area contributed by atoms with Gasteiger partial charge in [0, 0.05) is 21.0 Å². The predicted octanol–water partition coefficient (Wildman–Crippen LogP) is 7.13. The lowest BCUT2D eigenvalue weighted by molar-refractivity contribution is 1.24. The van der Waals surface area contributed by atoms with Crippen LogP contribution in [-0.2, 0) is 0 Å². The van der Waals surface area contributed by atoms with Crippen LogP contribution >= 0.6 is 11.3 Å². The Bertz CT molecular complexity index is 1530. The zero-order valence-corrected chi connectivity index (χ0v) is 16.1. The molecule has 3 heteroatoms. The average Bonchev–Trinajstić information content (AvgIpc) is 3.09. The summed E-state index contributed by atoms with van der Waals surface area (Å²) in [5.41, 5.74) is 3.42. The van der Waals surface area contributed by atoms with Gasteiger partial charge in [-0.2, -0.15) is 0 Å². The Hall–Kier alpha value is -3.30. The Kier molecular flexibility index (Phi) is 3.28. The van der Waals surface area contributed by atoms with Gasteiger partial charge in [0.2, 0.25) is 0 Å². The summed E-state index contributed by atoms with van der Waals surface area (Å²) in [5, 5.41) is 7.39. The maximum absolute atomic E-state index is 4.70. The van der Waals surface area contributed by atoms with Crippen LogP contribution in [0.5, 0.6) is 0 Å². The second-order valence-corrected chi connectivity index (χ2v) is 8.30. The molecule has 0 amide bonds. The first-order valence-corrected chi connectivity index (χ1v) is 10.1. The molecule has 2 aromatic heterocycles. The van der Waals surface area contributed by atoms with Crippen molar-refractivity contribution in [2.75, 3.05) is 0 Å². The summed E-state index contributed by atoms with van der Waals surface area (Å²) in [6, 6.07) is 26.2. The van der Waals surface area contributed by atoms with Crippen LogP contribution < -0.4 is 0 Å². The van der Waals surface area contributed by atoms with Crippen molar-refractivity contribution >= 4 is 53.2 Å². The molecule has 6 rings (SSSR count). The number of aromatic nitrogens is 2. The first-order valence-electron chi connectivity index (χ1n) is 9.33. The normalized spacial score (nSPS) is 11.8. The van der Waals surface area contributed by atoms with E-state index in [4.69, 9.17) is 4.98 Å². The summed E-state index contributed by atoms with van der Waals surface area (Å²) in [4.78, 5) is 10.3. The number of hydrogen-bond donors (Lipinski definition) is 0. The van der Waals surface area contributed by atoms with E-state index in [-0.39, 0.29) is 0 Å². The van der Waals surface area contributed by atoms with E-state index < -0.39 is 0 Å². The van der Waals surface area contributed by atoms with E-state index in [1.54, 1.807) is 17.7 Å². The van der Waals surface area contributed by atoms with Gasteiger partial charge in [0.25, 0.3) is 0 Å². The summed E-state index contributed by atoms with van der Waals surface area (Å²) in [6.07, 6.45) is 1.69. The maximum atomic E-state index is 4.70. The van der Waals surface area contributed by atoms with Crippen LogP contribution in [0.15, 0.2) is 79.1 Å². The third kappa shape index (κ3) is 2.33. The molecule has 0 fully saturated rings. The average molecular weight is 376 g/mol. The number of fused-ring (bicyclic) bond motifs is 5. The van der Waals surface area contributed by atoms with Crippen LogP contribution in [0.25, 0.3) is 53.1 Å². The van der Waals surface area contributed by atoms with Crippen molar-refractivity contribution in [2.24, 2.45) is 0 Å². The Morgan fingerprint density at radius 2 is 1.54 bits per heavy atom. The first kappa shape index (κ1) is 15.7. The van der Waals surface area contributed by atoms with Crippen molar-refractivity contribution in [3.8, 4) is 11.3 Å². The summed E-state index contributed by atoms with van der Waals surface area (Å²) in [5.74, 6) is 0. The highest BCUT2D eigenvalue weighted by molar-refractivity contribution is 7.25. The molecule has 0 aliphatic rings. The molecule has 0 aliphatic carbocycles. The van der Waals surface area contributed by atoms with Crippen LogP contribution in [0.1, 0.15) is 5.56 Å². The Labute approximate surface area is 166 Å². The molecule has 0 radical (unpaired) electrons. The highest BCUT2D eigenvalue weighted by atomic mass is 32.1. The minimum absolute atomic E-state index is 1.01. The number of nitrogens with zero attached hydrogens (tertiary/aromatic N) is 2. The van der Waals surface area contributed by atoms with Crippen LogP contribution in [0, 0.1) is 6.92 Å². The fraction of sp³-hybridized carbons (Fsp3) is 0.0400. The standard InChI is InChI=1S/C25H16N2S/c1-15-6-7-18-12-21-22(13-20(18)10-15)28-25-23(21)24(26-14-27-25)19-9-8-16-4-2-3-5-17(16)11-19/h2-14H,1H3. The van der Waals surface area contributed by atoms with Gasteiger partial charge in [0.05, 0.1) is 5.69 Å². The van der Waals surface area contributed by atoms with Gasteiger partial charge < -0.3 is 0 Å². The van der Waals surface area contributed by atoms with E-state index in [1.807, 2.05) is 0 Å². The Morgan fingerprint density at radius 1 is 0.714 bits per heavy atom. The van der Waals surface area contributed by atoms with Crippen molar-refractivity contribution < 1.29 is 0 Å². The van der Waals surface area contributed by atoms with E-state index in [9.17, 15) is 0 Å². The molecule has 0 N–H and O–H groups in total. The van der Waals surface area contributed by atoms with E-state index in [2.05, 4.69) is 84.7 Å². The van der Waals surface area contributed by atoms with E-state index in [1.165, 1.54) is 37.2 Å². The predicted molar refractivity (Wildman–Crippen MR) is 120 cm³/mol. The molecule has 0 bridgehead atoms. The lowest BCUT2D eigenvalue weighted by Crippen LogP contribution is -1.87. The molecule has 0 saturated carbocycles. The van der Waals surface area contributed by atoms with Gasteiger partial charge in [0.1, 0.15) is 11.2 Å². The van der Waals surface area contributed by atoms with Gasteiger partial charge in [-0.05, 0) is 46.7 Å². The molecule has 0 atom stereocenters. The second-order valence-electron chi connectivity index (χ2n) is 7.27. The third-order valence-electron chi connectivity index (χ3n) is 5.41. The van der Waals surface area contributed by atoms with Crippen molar-refractivity contribution in [3.05, 3.63) is 84.7 Å². The van der Waals surface area contributed by atoms with Crippen LogP contribution in [0.2, 0.25) is 0 Å². The van der Waals surface area contributed by atoms with Crippen molar-refractivity contribution in [1.82, 2.24) is 9.97 Å². The molecular weight excluding hydrogens is 360 g/mol. The topological polar surface area (TPSA) is 25.8 Å². The first-order chi connectivity index (χ1) is 13.8. The lowest BCUT2D eigenvalue weighted by atomic mass is 10.0. The summed E-state index contributed by atoms with van der Waals surface area (Å²) in [6.45, 7) is 2.14. The fourth-order valence-corrected chi connectivity index (χ4v) is 5.10. The molecule has 0 unspecified atom stereocenters. The van der Waals surface area contributed by atoms with Crippen LogP contribution in [0.3, 0.4) is 0 Å². The molecule has 0 saturated heterocycles. The van der Waals surface area contributed by atoms with E-state index >= 15 is 0 Å². The number of aryl methyl sites for hydroxylation is 1. The molecule has 0 aliphatic heterocycles. The molecular formula is C25H16N2S. The van der Waals surface area contributed by atoms with Gasteiger partial charge in [-0.15, -0.1) is 11.3 Å². The Balaban J connectivity index is 1.69. The van der Waals surface area contributed by atoms with Crippen LogP contribution in [-0.4, -0.2) is 9.97 Å². The van der Waals surface area contributed by atoms with Gasteiger partial charge in [-0.3, -0.25) is 0 Å². The Morgan fingerprint density at radius 3 is 2.46 bits per heavy atom. The van der Waals surface area contributed by atoms with Gasteiger partial charge in [-0.1, -0.05) is 60.2 Å². The van der Waals surface area contributed by atoms with Crippen LogP contribution in [0.4, 0.5) is 0 Å². The summed E-state index contributed by atoms with van der Waals surface area (Å²) < 4.78 is 1.26. The largest absolute Gasteiger partial charge is 0.236 e. The minimum atomic E-state index is 1.01. The third-order valence-corrected chi connectivity index (χ3v) is 6.47. The molecule has 0 spiro atoms. The number of benzene rings is 4. The van der Waals surface area contributed by atoms with Crippen molar-refractivity contribution in [2.45, 2.75) is 6.92 Å². The molecule has 4 aromatic carbocycles. The monoisotopic (exact) mass is 376 g/mol. The van der Waals surface area contributed by atoms with Gasteiger partial charge in [-0.25, -0.2) is 9.97 Å². The van der Waals surface area contributed by atoms with Gasteiger partial charge >= 0.3 is 0 Å². The van der Waals surface area contributed by atoms with Crippen molar-refractivity contribution in [1.29, 1.82) is 0 Å². The van der Waals surface area contributed by atoms with E-state index in [0.29, 0.717) is 0 Å². The van der Waals surface area contributed by atoms with E-state index in [0.717, 1.165) is 21.5 Å². The SMILES string of the molecule is Cc1ccc2cc3c(cc2c1)sc1ncnc(-c2ccc4ccccc4c2)c13. The molecule has 2 heterocycles.